The van der Waals surface area contributed by atoms with E-state index in [4.69, 9.17) is 61.6 Å². The lowest BCUT2D eigenvalue weighted by Crippen LogP contribution is -2.70. The minimum Gasteiger partial charge on any atom is -0.479 e. The summed E-state index contributed by atoms with van der Waals surface area (Å²) >= 11 is 0. The van der Waals surface area contributed by atoms with Crippen LogP contribution in [0, 0.1) is 44.8 Å². The lowest BCUT2D eigenvalue weighted by Gasteiger charge is -2.71. The maximum atomic E-state index is 16.0. The smallest absolute Gasteiger partial charge is 0.479 e. The van der Waals surface area contributed by atoms with Crippen molar-refractivity contribution in [2.24, 2.45) is 44.8 Å². The molecule has 38 atom stereocenters. The second kappa shape index (κ2) is 28.1. The lowest BCUT2D eigenvalue weighted by molar-refractivity contribution is -0.382. The standard InChI is InChI=1S/C64H100O34/c1-22-44(92-51-40(76)33(69)26(67)21-86-51)39(75)43(79)52(87-22)96-49-48(95-53-41(77)35(71)28(20-66)90-53)45(97-58(83)84)23(2)88-56(49)98-57(82)64-16-15-59(3,4)17-25(64)24-9-10-29-60(5)13-12-32(63(8,85)30(60)11-14-61(29,6)62(24,7)18-31(64)68)91-55-47(38(74)37(73)46(93-55)50(80)81)94-54-42(78)36(72)34(70)27(19-65)89-54/h9,22-23,25-49,51-56,65-79,85H,10-21H2,1-8H3,(H,80,81)(H,83,84)/t22-,23+,25-,26+,27+,28+,29-,30-,31+,32-,33-,34+,35+,36-,37-,38-,39-,40+,41+,42+,43+,44-,45+,46-,47+,48-,49+,51-,52-,53-,54-,55+,56-,60+,61+,62+,63-,64+/m0/s1. The Labute approximate surface area is 563 Å². The van der Waals surface area contributed by atoms with E-state index in [1.807, 2.05) is 13.8 Å². The van der Waals surface area contributed by atoms with Crippen LogP contribution in [0.25, 0.3) is 0 Å². The molecule has 6 aliphatic heterocycles. The number of rotatable bonds is 16. The maximum absolute atomic E-state index is 16.0. The topological polar surface area (TPSA) is 535 Å². The first-order valence-electron chi connectivity index (χ1n) is 33.8. The van der Waals surface area contributed by atoms with Crippen molar-refractivity contribution in [3.05, 3.63) is 11.6 Å². The van der Waals surface area contributed by atoms with Crippen LogP contribution in [0.4, 0.5) is 4.79 Å². The van der Waals surface area contributed by atoms with E-state index in [0.717, 1.165) is 5.57 Å². The molecule has 18 N–H and O–H groups in total. The van der Waals surface area contributed by atoms with Gasteiger partial charge < -0.3 is 153 Å². The summed E-state index contributed by atoms with van der Waals surface area (Å²) in [7, 11) is 0. The van der Waals surface area contributed by atoms with Crippen molar-refractivity contribution in [2.75, 3.05) is 19.8 Å². The van der Waals surface area contributed by atoms with Gasteiger partial charge in [0.2, 0.25) is 6.29 Å². The van der Waals surface area contributed by atoms with Crippen molar-refractivity contribution >= 4 is 18.1 Å². The minimum atomic E-state index is -2.13. The van der Waals surface area contributed by atoms with Crippen LogP contribution in [0.5, 0.6) is 0 Å². The van der Waals surface area contributed by atoms with E-state index in [9.17, 15) is 102 Å². The summed E-state index contributed by atoms with van der Waals surface area (Å²) in [5.41, 5.74) is -5.28. The number of carbonyl (C=O) groups excluding carboxylic acids is 1. The van der Waals surface area contributed by atoms with E-state index in [-0.39, 0.29) is 25.2 Å². The number of carboxylic acids is 1. The van der Waals surface area contributed by atoms with E-state index in [1.54, 1.807) is 6.92 Å². The fraction of sp³-hybridized carbons (Fsp3) is 0.922. The van der Waals surface area contributed by atoms with Crippen molar-refractivity contribution in [1.29, 1.82) is 0 Å². The Kier molecular flexibility index (Phi) is 21.8. The average molecular weight is 1410 g/mol. The second-order valence-corrected chi connectivity index (χ2v) is 30.8. The van der Waals surface area contributed by atoms with Gasteiger partial charge in [-0.15, -0.1) is 0 Å². The van der Waals surface area contributed by atoms with Gasteiger partial charge in [0.1, 0.15) is 109 Å². The van der Waals surface area contributed by atoms with Gasteiger partial charge in [0.15, 0.2) is 49.8 Å². The number of hydrogen-bond acceptors (Lipinski definition) is 32. The van der Waals surface area contributed by atoms with Gasteiger partial charge in [-0.2, -0.15) is 0 Å². The van der Waals surface area contributed by atoms with Gasteiger partial charge in [-0.3, -0.25) is 4.79 Å². The molecule has 10 fully saturated rings. The molecule has 34 heteroatoms. The molecule has 0 amide bonds. The van der Waals surface area contributed by atoms with E-state index < -0.39 is 267 Å². The minimum absolute atomic E-state index is 0.00543. The van der Waals surface area contributed by atoms with Crippen LogP contribution in [0.3, 0.4) is 0 Å². The van der Waals surface area contributed by atoms with Crippen LogP contribution in [-0.4, -0.2) is 320 Å². The highest BCUT2D eigenvalue weighted by molar-refractivity contribution is 5.80. The molecule has 4 saturated carbocycles. The molecule has 0 aromatic rings. The number of aliphatic carboxylic acids is 1. The van der Waals surface area contributed by atoms with E-state index in [1.165, 1.54) is 13.8 Å². The first-order valence-corrected chi connectivity index (χ1v) is 33.8. The molecule has 0 radical (unpaired) electrons. The molecule has 11 rings (SSSR count). The molecule has 0 bridgehead atoms. The lowest BCUT2D eigenvalue weighted by atomic mass is 9.34. The highest BCUT2D eigenvalue weighted by atomic mass is 16.8. The number of carboxylic acid groups (broad SMARTS) is 2. The van der Waals surface area contributed by atoms with Gasteiger partial charge >= 0.3 is 18.1 Å². The van der Waals surface area contributed by atoms with Crippen molar-refractivity contribution in [3.8, 4) is 0 Å². The number of aliphatic hydroxyl groups excluding tert-OH is 15. The van der Waals surface area contributed by atoms with Crippen molar-refractivity contribution in [1.82, 2.24) is 0 Å². The van der Waals surface area contributed by atoms with Gasteiger partial charge in [-0.25, -0.2) is 9.59 Å². The molecule has 6 heterocycles. The van der Waals surface area contributed by atoms with Gasteiger partial charge in [0.25, 0.3) is 0 Å². The largest absolute Gasteiger partial charge is 0.506 e. The third kappa shape index (κ3) is 12.9. The summed E-state index contributed by atoms with van der Waals surface area (Å²) in [4.78, 5) is 41.0. The Morgan fingerprint density at radius 3 is 1.70 bits per heavy atom. The highest BCUT2D eigenvalue weighted by Gasteiger charge is 2.73. The zero-order chi connectivity index (χ0) is 71.7. The number of ether oxygens (including phenoxy) is 13. The zero-order valence-electron chi connectivity index (χ0n) is 55.7. The molecule has 11 aliphatic rings. The Morgan fingerprint density at radius 2 is 1.07 bits per heavy atom. The van der Waals surface area contributed by atoms with Crippen LogP contribution in [0.2, 0.25) is 0 Å². The maximum Gasteiger partial charge on any atom is 0.506 e. The summed E-state index contributed by atoms with van der Waals surface area (Å²) in [5.74, 6) is -4.17. The van der Waals surface area contributed by atoms with Gasteiger partial charge in [-0.05, 0) is 118 Å². The molecule has 0 aromatic carbocycles. The molecular formula is C64H100O34. The number of aliphatic hydroxyl groups is 16. The number of hydrogen-bond donors (Lipinski definition) is 18. The van der Waals surface area contributed by atoms with Crippen molar-refractivity contribution in [2.45, 2.75) is 303 Å². The highest BCUT2D eigenvalue weighted by Crippen LogP contribution is 2.75. The number of fused-ring (bicyclic) bond motifs is 7. The molecule has 0 spiro atoms. The number of esters is 1. The summed E-state index contributed by atoms with van der Waals surface area (Å²) in [5, 5.41) is 197. The van der Waals surface area contributed by atoms with Gasteiger partial charge in [0.05, 0.1) is 49.8 Å². The quantitative estimate of drug-likeness (QED) is 0.0393. The summed E-state index contributed by atoms with van der Waals surface area (Å²) in [6.45, 7) is 12.6. The fourth-order valence-corrected chi connectivity index (χ4v) is 18.9. The number of allylic oxidation sites excluding steroid dienone is 2. The van der Waals surface area contributed by atoms with Gasteiger partial charge in [-0.1, -0.05) is 46.3 Å². The van der Waals surface area contributed by atoms with E-state index >= 15 is 4.79 Å². The van der Waals surface area contributed by atoms with Crippen LogP contribution in [0.15, 0.2) is 11.6 Å². The molecule has 6 saturated heterocycles. The van der Waals surface area contributed by atoms with Crippen molar-refractivity contribution in [3.63, 3.8) is 0 Å². The van der Waals surface area contributed by atoms with Crippen LogP contribution in [-0.2, 0) is 71.2 Å². The van der Waals surface area contributed by atoms with Crippen LogP contribution >= 0.6 is 0 Å². The fourth-order valence-electron chi connectivity index (χ4n) is 18.9. The second-order valence-electron chi connectivity index (χ2n) is 30.8. The van der Waals surface area contributed by atoms with Crippen LogP contribution < -0.4 is 0 Å². The van der Waals surface area contributed by atoms with Crippen LogP contribution in [0.1, 0.15) is 113 Å². The SMILES string of the molecule is C[C@@H]1O[C@@H](O[C@H]2[C@H](OC(=O)[C@]34CCC(C)(C)C[C@H]3C3=CC[C@H]5[C@@]6(C)CC[C@H](O[C@@H]7O[C@H](C(=O)O)[C@@H](O)[C@H](O)[C@H]7O[C@@H]7O[C@H](CO)[C@@H](O)[C@H](O)[C@H]7O)[C@@](C)(O)[C@H]6CC[C@@]5(C)[C@]3(C)C[C@H]4O)O[C@H](C)[C@@H](OC(=O)O)[C@@H]2O[C@@H]2O[C@H](CO)[C@@H](O)[C@H]2O)[C@H](O)[C@H](O)[C@H]1O[C@@H]1OC[C@@H](O)[C@H](O)[C@H]1O. The Hall–Kier alpha value is -3.13. The molecule has 0 aromatic heterocycles. The molecule has 5 aliphatic carbocycles. The Morgan fingerprint density at radius 1 is 0.520 bits per heavy atom. The Balaban J connectivity index is 0.882. The average Bonchev–Trinajstić information content (AvgIpc) is 0.689. The molecule has 560 valence electrons. The molecule has 0 unspecified atom stereocenters. The number of carbonyl (C=O) groups is 3. The third-order valence-corrected chi connectivity index (χ3v) is 24.7. The van der Waals surface area contributed by atoms with Gasteiger partial charge in [0, 0.05) is 0 Å². The molecule has 98 heavy (non-hydrogen) atoms. The first-order chi connectivity index (χ1) is 45.8. The summed E-state index contributed by atoms with van der Waals surface area (Å²) in [6.07, 6.45) is -50.4. The molecular weight excluding hydrogens is 1310 g/mol. The molecule has 34 nitrogen and oxygen atoms in total. The Bertz CT molecular complexity index is 2870. The summed E-state index contributed by atoms with van der Waals surface area (Å²) in [6, 6.07) is 0. The first kappa shape index (κ1) is 76.0. The normalized spacial score (nSPS) is 54.0. The monoisotopic (exact) mass is 1410 g/mol. The van der Waals surface area contributed by atoms with E-state index in [0.29, 0.717) is 38.5 Å². The third-order valence-electron chi connectivity index (χ3n) is 24.7. The van der Waals surface area contributed by atoms with E-state index in [2.05, 4.69) is 26.8 Å². The van der Waals surface area contributed by atoms with Crippen molar-refractivity contribution < 1.29 is 168 Å². The predicted molar refractivity (Wildman–Crippen MR) is 319 cm³/mol. The zero-order valence-corrected chi connectivity index (χ0v) is 55.7. The summed E-state index contributed by atoms with van der Waals surface area (Å²) < 4.78 is 77.6. The predicted octanol–water partition coefficient (Wildman–Crippen LogP) is -4.56.